The second-order valence-corrected chi connectivity index (χ2v) is 8.75. The first-order chi connectivity index (χ1) is 15.0. The van der Waals surface area contributed by atoms with Crippen LogP contribution in [0.15, 0.2) is 30.5 Å². The molecule has 2 aliphatic rings. The van der Waals surface area contributed by atoms with E-state index in [1.54, 1.807) is 6.07 Å². The molecule has 4 rings (SSSR count). The monoisotopic (exact) mass is 446 g/mol. The number of carbonyl (C=O) groups excluding carboxylic acids is 1. The number of aromatic nitrogens is 2. The Bertz CT molecular complexity index is 914. The fraction of sp³-hybridized carbons (Fsp3) is 0.522. The fourth-order valence-corrected chi connectivity index (χ4v) is 4.29. The summed E-state index contributed by atoms with van der Waals surface area (Å²) in [6.07, 6.45) is 4.44. The van der Waals surface area contributed by atoms with Gasteiger partial charge in [-0.15, -0.1) is 0 Å². The first-order valence-electron chi connectivity index (χ1n) is 10.9. The SMILES string of the molecule is O=C(Cc1cc(-c2cccc(NCC3CCOCC3)n2)c(Cl)cn1)[C@]1(F)CCCNC1. The van der Waals surface area contributed by atoms with Gasteiger partial charge in [0.15, 0.2) is 11.5 Å². The van der Waals surface area contributed by atoms with Gasteiger partial charge in [-0.05, 0) is 56.3 Å². The summed E-state index contributed by atoms with van der Waals surface area (Å²) in [6, 6.07) is 7.45. The summed E-state index contributed by atoms with van der Waals surface area (Å²) in [5, 5.41) is 6.82. The van der Waals surface area contributed by atoms with E-state index >= 15 is 0 Å². The van der Waals surface area contributed by atoms with Gasteiger partial charge in [-0.1, -0.05) is 17.7 Å². The molecule has 0 bridgehead atoms. The van der Waals surface area contributed by atoms with Crippen LogP contribution in [0.3, 0.4) is 0 Å². The highest BCUT2D eigenvalue weighted by Crippen LogP contribution is 2.29. The highest BCUT2D eigenvalue weighted by Gasteiger charge is 2.39. The summed E-state index contributed by atoms with van der Waals surface area (Å²) < 4.78 is 20.4. The zero-order valence-electron chi connectivity index (χ0n) is 17.5. The predicted molar refractivity (Wildman–Crippen MR) is 119 cm³/mol. The van der Waals surface area contributed by atoms with Gasteiger partial charge in [0.2, 0.25) is 0 Å². The lowest BCUT2D eigenvalue weighted by atomic mass is 9.89. The zero-order chi connectivity index (χ0) is 21.7. The summed E-state index contributed by atoms with van der Waals surface area (Å²) in [5.41, 5.74) is 0.0389. The number of nitrogens with one attached hydrogen (secondary N) is 2. The second kappa shape index (κ2) is 10.0. The van der Waals surface area contributed by atoms with Crippen molar-refractivity contribution < 1.29 is 13.9 Å². The van der Waals surface area contributed by atoms with Crippen LogP contribution in [0.2, 0.25) is 5.02 Å². The molecular weight excluding hydrogens is 419 g/mol. The predicted octanol–water partition coefficient (Wildman–Crippen LogP) is 3.84. The number of hydrogen-bond acceptors (Lipinski definition) is 6. The Hall–Kier alpha value is -2.09. The van der Waals surface area contributed by atoms with Crippen molar-refractivity contribution in [2.75, 3.05) is 38.2 Å². The van der Waals surface area contributed by atoms with E-state index < -0.39 is 11.5 Å². The van der Waals surface area contributed by atoms with Crippen molar-refractivity contribution in [1.29, 1.82) is 0 Å². The standard InChI is InChI=1S/C23H28ClFN4O2/c24-19-14-27-17(12-21(30)23(25)7-2-8-26-15-23)11-18(19)20-3-1-4-22(29-20)28-13-16-5-9-31-10-6-16/h1,3-4,11,14,16,26H,2,5-10,12-13,15H2,(H,28,29)/t23-/m0/s1. The fourth-order valence-electron chi connectivity index (χ4n) is 4.09. The van der Waals surface area contributed by atoms with E-state index in [1.807, 2.05) is 18.2 Å². The van der Waals surface area contributed by atoms with Gasteiger partial charge in [0.25, 0.3) is 0 Å². The van der Waals surface area contributed by atoms with E-state index in [4.69, 9.17) is 16.3 Å². The minimum atomic E-state index is -1.83. The summed E-state index contributed by atoms with van der Waals surface area (Å²) in [4.78, 5) is 21.5. The molecule has 1 atom stereocenters. The van der Waals surface area contributed by atoms with Crippen molar-refractivity contribution in [3.05, 3.63) is 41.2 Å². The third kappa shape index (κ3) is 5.59. The number of ether oxygens (including phenoxy) is 1. The van der Waals surface area contributed by atoms with E-state index in [0.29, 0.717) is 34.3 Å². The molecule has 8 heteroatoms. The zero-order valence-corrected chi connectivity index (χ0v) is 18.3. The Labute approximate surface area is 187 Å². The molecule has 2 N–H and O–H groups in total. The van der Waals surface area contributed by atoms with Crippen molar-refractivity contribution in [3.8, 4) is 11.3 Å². The molecular formula is C23H28ClFN4O2. The third-order valence-electron chi connectivity index (χ3n) is 6.02. The molecule has 0 aliphatic carbocycles. The molecule has 6 nitrogen and oxygen atoms in total. The number of rotatable bonds is 7. The largest absolute Gasteiger partial charge is 0.381 e. The minimum absolute atomic E-state index is 0.0642. The molecule has 166 valence electrons. The molecule has 0 saturated carbocycles. The normalized spacial score (nSPS) is 22.3. The summed E-state index contributed by atoms with van der Waals surface area (Å²) in [6.45, 7) is 3.27. The van der Waals surface area contributed by atoms with Gasteiger partial charge in [0.05, 0.1) is 17.1 Å². The summed E-state index contributed by atoms with van der Waals surface area (Å²) in [7, 11) is 0. The number of piperidine rings is 1. The number of ketones is 1. The minimum Gasteiger partial charge on any atom is -0.381 e. The van der Waals surface area contributed by atoms with Gasteiger partial charge in [-0.3, -0.25) is 9.78 Å². The van der Waals surface area contributed by atoms with Crippen LogP contribution in [0, 0.1) is 5.92 Å². The summed E-state index contributed by atoms with van der Waals surface area (Å²) >= 11 is 6.39. The van der Waals surface area contributed by atoms with Gasteiger partial charge in [0, 0.05) is 43.8 Å². The topological polar surface area (TPSA) is 76.1 Å². The number of pyridine rings is 2. The Balaban J connectivity index is 1.47. The van der Waals surface area contributed by atoms with Gasteiger partial charge >= 0.3 is 0 Å². The van der Waals surface area contributed by atoms with E-state index in [1.165, 1.54) is 6.20 Å². The quantitative estimate of drug-likeness (QED) is 0.673. The molecule has 2 aliphatic heterocycles. The van der Waals surface area contributed by atoms with Crippen molar-refractivity contribution in [2.24, 2.45) is 5.92 Å². The highest BCUT2D eigenvalue weighted by atomic mass is 35.5. The Morgan fingerprint density at radius 3 is 2.97 bits per heavy atom. The van der Waals surface area contributed by atoms with Crippen LogP contribution in [-0.4, -0.2) is 54.3 Å². The lowest BCUT2D eigenvalue weighted by Gasteiger charge is -2.28. The van der Waals surface area contributed by atoms with E-state index in [0.717, 1.165) is 45.0 Å². The van der Waals surface area contributed by atoms with Crippen molar-refractivity contribution >= 4 is 23.2 Å². The van der Waals surface area contributed by atoms with E-state index in [9.17, 15) is 9.18 Å². The van der Waals surface area contributed by atoms with Crippen LogP contribution in [0.1, 0.15) is 31.4 Å². The van der Waals surface area contributed by atoms with E-state index in [2.05, 4.69) is 20.6 Å². The first-order valence-corrected chi connectivity index (χ1v) is 11.3. The van der Waals surface area contributed by atoms with E-state index in [-0.39, 0.29) is 19.4 Å². The van der Waals surface area contributed by atoms with Crippen molar-refractivity contribution in [2.45, 2.75) is 37.8 Å². The lowest BCUT2D eigenvalue weighted by Crippen LogP contribution is -2.48. The lowest BCUT2D eigenvalue weighted by molar-refractivity contribution is -0.131. The molecule has 0 unspecified atom stereocenters. The molecule has 31 heavy (non-hydrogen) atoms. The van der Waals surface area contributed by atoms with Crippen LogP contribution in [-0.2, 0) is 16.0 Å². The number of alkyl halides is 1. The third-order valence-corrected chi connectivity index (χ3v) is 6.32. The molecule has 0 spiro atoms. The van der Waals surface area contributed by atoms with Crippen molar-refractivity contribution in [1.82, 2.24) is 15.3 Å². The molecule has 2 aromatic heterocycles. The Morgan fingerprint density at radius 1 is 1.35 bits per heavy atom. The smallest absolute Gasteiger partial charge is 0.181 e. The Kier molecular flexibility index (Phi) is 7.15. The van der Waals surface area contributed by atoms with Crippen LogP contribution in [0.5, 0.6) is 0 Å². The number of halogens is 2. The van der Waals surface area contributed by atoms with Crippen molar-refractivity contribution in [3.63, 3.8) is 0 Å². The maximum atomic E-state index is 15.0. The maximum Gasteiger partial charge on any atom is 0.181 e. The molecule has 0 amide bonds. The average molecular weight is 447 g/mol. The molecule has 2 aromatic rings. The van der Waals surface area contributed by atoms with Gasteiger partial charge in [-0.2, -0.15) is 0 Å². The Morgan fingerprint density at radius 2 is 2.19 bits per heavy atom. The van der Waals surface area contributed by atoms with Gasteiger partial charge in [-0.25, -0.2) is 9.37 Å². The van der Waals surface area contributed by atoms with Crippen LogP contribution in [0.25, 0.3) is 11.3 Å². The number of nitrogens with zero attached hydrogens (tertiary/aromatic N) is 2. The number of carbonyl (C=O) groups is 1. The number of anilines is 1. The van der Waals surface area contributed by atoms with Crippen LogP contribution in [0.4, 0.5) is 10.2 Å². The average Bonchev–Trinajstić information content (AvgIpc) is 2.80. The number of Topliss-reactive ketones (excluding diaryl/α,β-unsaturated/α-hetero) is 1. The second-order valence-electron chi connectivity index (χ2n) is 8.35. The van der Waals surface area contributed by atoms with Crippen LogP contribution >= 0.6 is 11.6 Å². The van der Waals surface area contributed by atoms with Gasteiger partial charge in [0.1, 0.15) is 5.82 Å². The number of hydrogen-bond donors (Lipinski definition) is 2. The molecule has 2 saturated heterocycles. The highest BCUT2D eigenvalue weighted by molar-refractivity contribution is 6.33. The van der Waals surface area contributed by atoms with Gasteiger partial charge < -0.3 is 15.4 Å². The first kappa shape index (κ1) is 22.1. The molecule has 4 heterocycles. The summed E-state index contributed by atoms with van der Waals surface area (Å²) in [5.74, 6) is 0.898. The molecule has 0 radical (unpaired) electrons. The molecule has 2 fully saturated rings. The molecule has 0 aromatic carbocycles. The maximum absolute atomic E-state index is 15.0. The van der Waals surface area contributed by atoms with Crippen LogP contribution < -0.4 is 10.6 Å².